The van der Waals surface area contributed by atoms with Gasteiger partial charge in [-0.15, -0.1) is 0 Å². The van der Waals surface area contributed by atoms with Crippen LogP contribution < -0.4 is 11.5 Å². The third-order valence-electron chi connectivity index (χ3n) is 12.3. The van der Waals surface area contributed by atoms with Crippen molar-refractivity contribution in [2.24, 2.45) is 52.3 Å². The summed E-state index contributed by atoms with van der Waals surface area (Å²) in [6.07, 6.45) is 15.8. The second-order valence-electron chi connectivity index (χ2n) is 14.9. The molecule has 0 amide bonds. The lowest BCUT2D eigenvalue weighted by Crippen LogP contribution is -2.54. The molecule has 0 radical (unpaired) electrons. The highest BCUT2D eigenvalue weighted by molar-refractivity contribution is 5.91. The number of nitrogen functional groups attached to an aromatic ring is 2. The summed E-state index contributed by atoms with van der Waals surface area (Å²) in [5.74, 6) is 5.59. The molecular formula is C34H54N2O2. The van der Waals surface area contributed by atoms with Gasteiger partial charge in [0.1, 0.15) is 6.10 Å². The zero-order valence-corrected chi connectivity index (χ0v) is 24.8. The first-order valence-corrected chi connectivity index (χ1v) is 15.9. The Labute approximate surface area is 232 Å². The Bertz CT molecular complexity index is 986. The lowest BCUT2D eigenvalue weighted by molar-refractivity contribution is -0.134. The summed E-state index contributed by atoms with van der Waals surface area (Å²) in [7, 11) is 0. The van der Waals surface area contributed by atoms with Gasteiger partial charge in [-0.1, -0.05) is 53.9 Å². The number of anilines is 2. The van der Waals surface area contributed by atoms with E-state index in [1.165, 1.54) is 64.2 Å². The minimum absolute atomic E-state index is 0.00392. The smallest absolute Gasteiger partial charge is 0.338 e. The molecule has 9 unspecified atom stereocenters. The molecule has 4 aliphatic carbocycles. The molecule has 4 aliphatic rings. The predicted octanol–water partition coefficient (Wildman–Crippen LogP) is 8.50. The first-order chi connectivity index (χ1) is 18.0. The number of rotatable bonds is 7. The van der Waals surface area contributed by atoms with Gasteiger partial charge >= 0.3 is 5.97 Å². The van der Waals surface area contributed by atoms with Crippen molar-refractivity contribution >= 4 is 17.3 Å². The topological polar surface area (TPSA) is 78.3 Å². The van der Waals surface area contributed by atoms with Crippen molar-refractivity contribution in [3.05, 3.63) is 23.8 Å². The molecule has 9 atom stereocenters. The molecule has 0 bridgehead atoms. The normalized spacial score (nSPS) is 39.2. The maximum Gasteiger partial charge on any atom is 0.338 e. The summed E-state index contributed by atoms with van der Waals surface area (Å²) in [5, 5.41) is 0. The van der Waals surface area contributed by atoms with Crippen molar-refractivity contribution in [1.82, 2.24) is 0 Å². The van der Waals surface area contributed by atoms with Crippen LogP contribution in [0.25, 0.3) is 0 Å². The quantitative estimate of drug-likeness (QED) is 0.278. The molecule has 0 heterocycles. The van der Waals surface area contributed by atoms with E-state index < -0.39 is 0 Å². The van der Waals surface area contributed by atoms with Crippen LogP contribution in [-0.4, -0.2) is 12.1 Å². The first kappa shape index (κ1) is 27.8. The summed E-state index contributed by atoms with van der Waals surface area (Å²) < 4.78 is 6.14. The van der Waals surface area contributed by atoms with E-state index >= 15 is 0 Å². The molecule has 4 fully saturated rings. The van der Waals surface area contributed by atoms with Gasteiger partial charge in [-0.3, -0.25) is 0 Å². The van der Waals surface area contributed by atoms with Crippen molar-refractivity contribution in [2.45, 2.75) is 118 Å². The summed E-state index contributed by atoms with van der Waals surface area (Å²) in [6, 6.07) is 5.05. The minimum Gasteiger partial charge on any atom is -0.459 e. The largest absolute Gasteiger partial charge is 0.459 e. The fraction of sp³-hybridized carbons (Fsp3) is 0.794. The molecule has 212 valence electrons. The van der Waals surface area contributed by atoms with Crippen LogP contribution in [0.4, 0.5) is 11.4 Å². The van der Waals surface area contributed by atoms with E-state index in [-0.39, 0.29) is 17.5 Å². The average molecular weight is 523 g/mol. The van der Waals surface area contributed by atoms with Gasteiger partial charge in [-0.25, -0.2) is 4.79 Å². The third-order valence-corrected chi connectivity index (χ3v) is 12.3. The van der Waals surface area contributed by atoms with E-state index in [2.05, 4.69) is 34.6 Å². The number of hydrogen-bond acceptors (Lipinski definition) is 4. The number of ether oxygens (including phenoxy) is 1. The SMILES string of the molecule is CC(C)CCCC(C)C1CCC2C3CCC4CCC(OC(=O)c5cc(N)cc(N)c5)CC4(C)C3CCC12C. The summed E-state index contributed by atoms with van der Waals surface area (Å²) >= 11 is 0. The van der Waals surface area contributed by atoms with Crippen LogP contribution in [0, 0.1) is 52.3 Å². The van der Waals surface area contributed by atoms with Gasteiger partial charge in [0.2, 0.25) is 0 Å². The number of carbonyl (C=O) groups is 1. The molecule has 4 saturated carbocycles. The fourth-order valence-electron chi connectivity index (χ4n) is 10.4. The number of hydrogen-bond donors (Lipinski definition) is 2. The molecule has 0 spiro atoms. The predicted molar refractivity (Wildman–Crippen MR) is 158 cm³/mol. The third kappa shape index (κ3) is 5.10. The number of nitrogens with two attached hydrogens (primary N) is 2. The Kier molecular flexibility index (Phi) is 7.84. The van der Waals surface area contributed by atoms with E-state index in [1.807, 2.05) is 0 Å². The molecule has 0 saturated heterocycles. The van der Waals surface area contributed by atoms with E-state index in [0.717, 1.165) is 54.3 Å². The van der Waals surface area contributed by atoms with E-state index in [0.29, 0.717) is 22.4 Å². The van der Waals surface area contributed by atoms with E-state index in [9.17, 15) is 4.79 Å². The Morgan fingerprint density at radius 3 is 2.29 bits per heavy atom. The monoisotopic (exact) mass is 522 g/mol. The Balaban J connectivity index is 1.27. The molecule has 4 heteroatoms. The molecule has 4 N–H and O–H groups in total. The zero-order chi connectivity index (χ0) is 27.2. The van der Waals surface area contributed by atoms with Gasteiger partial charge < -0.3 is 16.2 Å². The fourth-order valence-corrected chi connectivity index (χ4v) is 10.4. The van der Waals surface area contributed by atoms with Crippen molar-refractivity contribution in [2.75, 3.05) is 11.5 Å². The van der Waals surface area contributed by atoms with Crippen LogP contribution >= 0.6 is 0 Å². The Morgan fingerprint density at radius 2 is 1.58 bits per heavy atom. The Morgan fingerprint density at radius 1 is 0.895 bits per heavy atom. The molecule has 4 nitrogen and oxygen atoms in total. The van der Waals surface area contributed by atoms with Crippen LogP contribution in [-0.2, 0) is 4.74 Å². The molecule has 1 aromatic rings. The standard InChI is InChI=1S/C34H54N2O2/c1-21(2)7-6-8-22(3)29-13-14-30-28-12-10-24-9-11-27(20-34(24,5)31(28)15-16-33(29,30)4)38-32(37)23-17-25(35)19-26(36)18-23/h17-19,21-22,24,27-31H,6-16,20,35-36H2,1-5H3. The summed E-state index contributed by atoms with van der Waals surface area (Å²) in [4.78, 5) is 13.0. The molecule has 38 heavy (non-hydrogen) atoms. The molecule has 0 aliphatic heterocycles. The number of esters is 1. The highest BCUT2D eigenvalue weighted by Crippen LogP contribution is 2.68. The average Bonchev–Trinajstić information content (AvgIpc) is 3.20. The van der Waals surface area contributed by atoms with Gasteiger partial charge in [0.05, 0.1) is 5.56 Å². The number of benzene rings is 1. The van der Waals surface area contributed by atoms with Gasteiger partial charge in [0.25, 0.3) is 0 Å². The van der Waals surface area contributed by atoms with Gasteiger partial charge in [-0.2, -0.15) is 0 Å². The number of fused-ring (bicyclic) bond motifs is 5. The molecule has 0 aromatic heterocycles. The van der Waals surface area contributed by atoms with Crippen LogP contribution in [0.2, 0.25) is 0 Å². The van der Waals surface area contributed by atoms with Gasteiger partial charge in [0, 0.05) is 11.4 Å². The highest BCUT2D eigenvalue weighted by Gasteiger charge is 2.61. The van der Waals surface area contributed by atoms with Crippen molar-refractivity contribution in [3.8, 4) is 0 Å². The second-order valence-corrected chi connectivity index (χ2v) is 14.9. The minimum atomic E-state index is -0.273. The van der Waals surface area contributed by atoms with E-state index in [4.69, 9.17) is 16.2 Å². The Hall–Kier alpha value is -1.71. The van der Waals surface area contributed by atoms with Crippen molar-refractivity contribution < 1.29 is 9.53 Å². The van der Waals surface area contributed by atoms with Crippen LogP contribution in [0.15, 0.2) is 18.2 Å². The summed E-state index contributed by atoms with van der Waals surface area (Å²) in [5.41, 5.74) is 14.2. The van der Waals surface area contributed by atoms with Crippen LogP contribution in [0.1, 0.15) is 122 Å². The first-order valence-electron chi connectivity index (χ1n) is 15.9. The van der Waals surface area contributed by atoms with Crippen molar-refractivity contribution in [3.63, 3.8) is 0 Å². The van der Waals surface area contributed by atoms with Crippen LogP contribution in [0.5, 0.6) is 0 Å². The van der Waals surface area contributed by atoms with Gasteiger partial charge in [0.15, 0.2) is 0 Å². The summed E-state index contributed by atoms with van der Waals surface area (Å²) in [6.45, 7) is 12.5. The van der Waals surface area contributed by atoms with Crippen molar-refractivity contribution in [1.29, 1.82) is 0 Å². The zero-order valence-electron chi connectivity index (χ0n) is 24.8. The molecular weight excluding hydrogens is 468 g/mol. The second kappa shape index (κ2) is 10.7. The maximum atomic E-state index is 13.0. The lowest BCUT2D eigenvalue weighted by Gasteiger charge is -2.61. The molecule has 5 rings (SSSR count). The highest BCUT2D eigenvalue weighted by atomic mass is 16.5. The maximum absolute atomic E-state index is 13.0. The van der Waals surface area contributed by atoms with Crippen LogP contribution in [0.3, 0.4) is 0 Å². The lowest BCUT2D eigenvalue weighted by atomic mass is 9.44. The number of carbonyl (C=O) groups excluding carboxylic acids is 1. The van der Waals surface area contributed by atoms with E-state index in [1.54, 1.807) is 18.2 Å². The van der Waals surface area contributed by atoms with Gasteiger partial charge in [-0.05, 0) is 128 Å². The molecule has 1 aromatic carbocycles.